The monoisotopic (exact) mass is 331 g/mol. The van der Waals surface area contributed by atoms with Crippen molar-refractivity contribution >= 4 is 29.9 Å². The molecule has 0 bridgehead atoms. The van der Waals surface area contributed by atoms with Gasteiger partial charge in [-0.2, -0.15) is 0 Å². The normalized spacial score (nSPS) is 19.1. The van der Waals surface area contributed by atoms with Crippen molar-refractivity contribution in [1.29, 1.82) is 0 Å². The molecule has 0 aliphatic carbocycles. The number of nitrogens with one attached hydrogen (secondary N) is 2. The molecule has 1 fully saturated rings. The lowest BCUT2D eigenvalue weighted by Gasteiger charge is -2.26. The number of amides is 1. The molecule has 0 spiro atoms. The van der Waals surface area contributed by atoms with Gasteiger partial charge in [-0.05, 0) is 45.1 Å². The van der Waals surface area contributed by atoms with Gasteiger partial charge in [0.1, 0.15) is 0 Å². The molecule has 1 aromatic rings. The first-order valence-corrected chi connectivity index (χ1v) is 7.39. The molecule has 1 amide bonds. The van der Waals surface area contributed by atoms with Crippen LogP contribution >= 0.6 is 24.0 Å². The third-order valence-electron chi connectivity index (χ3n) is 3.73. The van der Waals surface area contributed by atoms with Gasteiger partial charge < -0.3 is 15.5 Å². The van der Waals surface area contributed by atoms with Crippen molar-refractivity contribution in [3.8, 4) is 0 Å². The fraction of sp³-hybridized carbons (Fsp3) is 0.533. The van der Waals surface area contributed by atoms with Gasteiger partial charge in [0, 0.05) is 11.6 Å². The second kappa shape index (κ2) is 8.59. The number of benzene rings is 1. The molecule has 2 rings (SSSR count). The molecule has 2 atom stereocenters. The van der Waals surface area contributed by atoms with Gasteiger partial charge in [-0.25, -0.2) is 0 Å². The maximum Gasteiger partial charge on any atom is 0.237 e. The molecular weight excluding hydrogens is 309 g/mol. The summed E-state index contributed by atoms with van der Waals surface area (Å²) < 4.78 is 0. The van der Waals surface area contributed by atoms with E-state index in [2.05, 4.69) is 15.5 Å². The minimum atomic E-state index is -0.0379. The average molecular weight is 332 g/mol. The first-order valence-electron chi connectivity index (χ1n) is 7.01. The summed E-state index contributed by atoms with van der Waals surface area (Å²) >= 11 is 6.25. The molecule has 2 unspecified atom stereocenters. The molecule has 1 aliphatic rings. The number of rotatable bonds is 5. The molecule has 1 heterocycles. The van der Waals surface area contributed by atoms with Crippen molar-refractivity contribution in [2.75, 3.05) is 27.2 Å². The van der Waals surface area contributed by atoms with Crippen LogP contribution in [0.25, 0.3) is 0 Å². The van der Waals surface area contributed by atoms with Crippen LogP contribution in [-0.4, -0.2) is 44.0 Å². The van der Waals surface area contributed by atoms with E-state index in [4.69, 9.17) is 11.6 Å². The van der Waals surface area contributed by atoms with Crippen LogP contribution in [0.1, 0.15) is 24.4 Å². The van der Waals surface area contributed by atoms with E-state index in [1.54, 1.807) is 0 Å². The number of hydrogen-bond acceptors (Lipinski definition) is 3. The van der Waals surface area contributed by atoms with Crippen molar-refractivity contribution in [3.63, 3.8) is 0 Å². The highest BCUT2D eigenvalue weighted by atomic mass is 35.5. The molecule has 1 aromatic carbocycles. The molecule has 1 saturated heterocycles. The van der Waals surface area contributed by atoms with Crippen molar-refractivity contribution < 1.29 is 4.79 Å². The van der Waals surface area contributed by atoms with Gasteiger partial charge in [-0.15, -0.1) is 12.4 Å². The highest BCUT2D eigenvalue weighted by Crippen LogP contribution is 2.25. The number of nitrogens with zero attached hydrogens (tertiary/aromatic N) is 1. The van der Waals surface area contributed by atoms with E-state index >= 15 is 0 Å². The zero-order valence-electron chi connectivity index (χ0n) is 12.4. The lowest BCUT2D eigenvalue weighted by molar-refractivity contribution is -0.123. The molecule has 1 aliphatic heterocycles. The van der Waals surface area contributed by atoms with Crippen molar-refractivity contribution in [3.05, 3.63) is 34.9 Å². The van der Waals surface area contributed by atoms with Crippen molar-refractivity contribution in [2.45, 2.75) is 24.9 Å². The van der Waals surface area contributed by atoms with E-state index in [0.29, 0.717) is 6.54 Å². The lowest BCUT2D eigenvalue weighted by Crippen LogP contribution is -2.43. The Labute approximate surface area is 137 Å². The first kappa shape index (κ1) is 18.2. The largest absolute Gasteiger partial charge is 0.353 e. The molecule has 0 saturated carbocycles. The third-order valence-corrected chi connectivity index (χ3v) is 4.08. The maximum atomic E-state index is 12.1. The molecular formula is C15H23Cl2N3O. The number of halogens is 2. The Balaban J connectivity index is 0.00000220. The quantitative estimate of drug-likeness (QED) is 0.869. The average Bonchev–Trinajstić information content (AvgIpc) is 2.94. The summed E-state index contributed by atoms with van der Waals surface area (Å²) in [4.78, 5) is 14.1. The van der Waals surface area contributed by atoms with E-state index < -0.39 is 0 Å². The van der Waals surface area contributed by atoms with E-state index in [1.165, 1.54) is 0 Å². The Bertz CT molecular complexity index is 462. The molecule has 0 radical (unpaired) electrons. The van der Waals surface area contributed by atoms with E-state index in [0.717, 1.165) is 30.0 Å². The number of likely N-dealkylation sites (N-methyl/N-ethyl adjacent to an activating group) is 1. The summed E-state index contributed by atoms with van der Waals surface area (Å²) in [5, 5.41) is 6.97. The molecule has 2 N–H and O–H groups in total. The zero-order valence-corrected chi connectivity index (χ0v) is 14.0. The Kier molecular flexibility index (Phi) is 7.46. The standard InChI is InChI=1S/C15H22ClN3O.ClH/c1-19(2)14(11-6-3-4-7-12(11)16)10-18-15(20)13-8-5-9-17-13;/h3-4,6-7,13-14,17H,5,8-10H2,1-2H3,(H,18,20);1H. The summed E-state index contributed by atoms with van der Waals surface area (Å²) in [5.74, 6) is 0.0846. The lowest BCUT2D eigenvalue weighted by atomic mass is 10.1. The second-order valence-electron chi connectivity index (χ2n) is 5.40. The Morgan fingerprint density at radius 2 is 2.19 bits per heavy atom. The Hall–Kier alpha value is -0.810. The van der Waals surface area contributed by atoms with E-state index in [9.17, 15) is 4.79 Å². The third kappa shape index (κ3) is 4.85. The SMILES string of the molecule is CN(C)C(CNC(=O)C1CCCN1)c1ccccc1Cl.Cl. The summed E-state index contributed by atoms with van der Waals surface area (Å²) in [6.07, 6.45) is 1.99. The summed E-state index contributed by atoms with van der Waals surface area (Å²) in [6, 6.07) is 7.82. The van der Waals surface area contributed by atoms with Crippen molar-refractivity contribution in [2.24, 2.45) is 0 Å². The molecule has 6 heteroatoms. The van der Waals surface area contributed by atoms with Gasteiger partial charge in [0.25, 0.3) is 0 Å². The zero-order chi connectivity index (χ0) is 14.5. The molecule has 21 heavy (non-hydrogen) atoms. The smallest absolute Gasteiger partial charge is 0.237 e. The van der Waals surface area contributed by atoms with Gasteiger partial charge >= 0.3 is 0 Å². The topological polar surface area (TPSA) is 44.4 Å². The van der Waals surface area contributed by atoms with Crippen LogP contribution in [0.15, 0.2) is 24.3 Å². The highest BCUT2D eigenvalue weighted by molar-refractivity contribution is 6.31. The first-order chi connectivity index (χ1) is 9.59. The summed E-state index contributed by atoms with van der Waals surface area (Å²) in [6.45, 7) is 1.49. The van der Waals surface area contributed by atoms with Crippen molar-refractivity contribution in [1.82, 2.24) is 15.5 Å². The molecule has 4 nitrogen and oxygen atoms in total. The molecule has 118 valence electrons. The summed E-state index contributed by atoms with van der Waals surface area (Å²) in [5.41, 5.74) is 1.04. The van der Waals surface area contributed by atoms with Crippen LogP contribution in [0.5, 0.6) is 0 Å². The second-order valence-corrected chi connectivity index (χ2v) is 5.80. The Morgan fingerprint density at radius 1 is 1.48 bits per heavy atom. The van der Waals surface area contributed by atoms with E-state index in [-0.39, 0.29) is 30.4 Å². The van der Waals surface area contributed by atoms with Gasteiger partial charge in [-0.3, -0.25) is 4.79 Å². The van der Waals surface area contributed by atoms with Crippen LogP contribution < -0.4 is 10.6 Å². The molecule has 0 aromatic heterocycles. The Morgan fingerprint density at radius 3 is 2.76 bits per heavy atom. The van der Waals surface area contributed by atoms with Gasteiger partial charge in [-0.1, -0.05) is 29.8 Å². The van der Waals surface area contributed by atoms with Gasteiger partial charge in [0.05, 0.1) is 12.1 Å². The van der Waals surface area contributed by atoms with Crippen LogP contribution in [0.4, 0.5) is 0 Å². The maximum absolute atomic E-state index is 12.1. The van der Waals surface area contributed by atoms with E-state index in [1.807, 2.05) is 38.4 Å². The van der Waals surface area contributed by atoms with Crippen LogP contribution in [-0.2, 0) is 4.79 Å². The number of carbonyl (C=O) groups excluding carboxylic acids is 1. The van der Waals surface area contributed by atoms with Crippen LogP contribution in [0.3, 0.4) is 0 Å². The predicted molar refractivity (Wildman–Crippen MR) is 89.2 cm³/mol. The highest BCUT2D eigenvalue weighted by Gasteiger charge is 2.24. The van der Waals surface area contributed by atoms with Gasteiger partial charge in [0.2, 0.25) is 5.91 Å². The fourth-order valence-electron chi connectivity index (χ4n) is 2.54. The van der Waals surface area contributed by atoms with Crippen LogP contribution in [0, 0.1) is 0 Å². The fourth-order valence-corrected chi connectivity index (χ4v) is 2.81. The van der Waals surface area contributed by atoms with Crippen LogP contribution in [0.2, 0.25) is 5.02 Å². The van der Waals surface area contributed by atoms with Gasteiger partial charge in [0.15, 0.2) is 0 Å². The minimum absolute atomic E-state index is 0. The minimum Gasteiger partial charge on any atom is -0.353 e. The predicted octanol–water partition coefficient (Wildman–Crippen LogP) is 2.23. The summed E-state index contributed by atoms with van der Waals surface area (Å²) in [7, 11) is 3.99. The number of carbonyl (C=O) groups is 1. The number of hydrogen-bond donors (Lipinski definition) is 2.